The third-order valence-electron chi connectivity index (χ3n) is 6.30. The van der Waals surface area contributed by atoms with Crippen molar-refractivity contribution in [1.82, 2.24) is 4.98 Å². The number of ketones is 1. The van der Waals surface area contributed by atoms with Crippen LogP contribution in [0.1, 0.15) is 39.4 Å². The van der Waals surface area contributed by atoms with Crippen molar-refractivity contribution in [3.63, 3.8) is 0 Å². The highest BCUT2D eigenvalue weighted by Crippen LogP contribution is 2.45. The predicted octanol–water partition coefficient (Wildman–Crippen LogP) is 5.86. The molecule has 1 fully saturated rings. The van der Waals surface area contributed by atoms with Crippen molar-refractivity contribution < 1.29 is 19.8 Å². The van der Waals surface area contributed by atoms with Gasteiger partial charge in [0.05, 0.1) is 21.8 Å². The molecule has 1 aliphatic heterocycles. The van der Waals surface area contributed by atoms with Gasteiger partial charge >= 0.3 is 5.91 Å². The lowest BCUT2D eigenvalue weighted by Crippen LogP contribution is -2.29. The number of hydrogen-bond acceptors (Lipinski definition) is 6. The number of aromatic hydroxyl groups is 1. The molecule has 0 radical (unpaired) electrons. The number of Topliss-reactive ketones (excluding diaryl/α,β-unsaturated/α-hetero) is 1. The van der Waals surface area contributed by atoms with Crippen molar-refractivity contribution >= 4 is 44.1 Å². The van der Waals surface area contributed by atoms with E-state index in [1.807, 2.05) is 52.0 Å². The maximum atomic E-state index is 13.4. The fraction of sp³-hybridized carbons (Fsp3) is 0.179. The Morgan fingerprint density at radius 1 is 0.943 bits per heavy atom. The molecule has 4 aromatic rings. The minimum Gasteiger partial charge on any atom is -0.508 e. The van der Waals surface area contributed by atoms with Crippen molar-refractivity contribution in [2.45, 2.75) is 33.7 Å². The molecule has 0 aliphatic carbocycles. The molecule has 1 atom stereocenters. The van der Waals surface area contributed by atoms with E-state index in [4.69, 9.17) is 4.98 Å². The molecule has 1 saturated heterocycles. The molecular weight excluding hydrogens is 460 g/mol. The maximum absolute atomic E-state index is 13.4. The molecule has 7 heteroatoms. The third kappa shape index (κ3) is 3.78. The normalized spacial score (nSPS) is 17.5. The summed E-state index contributed by atoms with van der Waals surface area (Å²) in [5.74, 6) is -1.80. The number of hydrogen-bond donors (Lipinski definition) is 2. The first kappa shape index (κ1) is 22.8. The number of rotatable bonds is 3. The van der Waals surface area contributed by atoms with Crippen LogP contribution >= 0.6 is 11.3 Å². The third-order valence-corrected chi connectivity index (χ3v) is 7.30. The Balaban J connectivity index is 1.78. The second-order valence-electron chi connectivity index (χ2n) is 9.01. The molecule has 5 rings (SSSR count). The summed E-state index contributed by atoms with van der Waals surface area (Å²) in [5, 5.41) is 22.0. The van der Waals surface area contributed by atoms with Gasteiger partial charge < -0.3 is 10.2 Å². The molecule has 1 amide bonds. The van der Waals surface area contributed by atoms with Gasteiger partial charge in [0.2, 0.25) is 0 Å². The SMILES string of the molecule is Cc1ccc(C)c(C(O)=C2C(=O)C(=O)N(c3nc4c(C)cc(C)cc4s3)C2c2cccc(O)c2)c1. The molecule has 0 spiro atoms. The van der Waals surface area contributed by atoms with Crippen LogP contribution in [0.5, 0.6) is 5.75 Å². The first-order valence-electron chi connectivity index (χ1n) is 11.2. The van der Waals surface area contributed by atoms with Gasteiger partial charge in [-0.2, -0.15) is 0 Å². The van der Waals surface area contributed by atoms with Crippen LogP contribution in [-0.2, 0) is 9.59 Å². The van der Waals surface area contributed by atoms with Crippen LogP contribution < -0.4 is 4.90 Å². The zero-order valence-electron chi connectivity index (χ0n) is 19.8. The Kier molecular flexibility index (Phi) is 5.44. The van der Waals surface area contributed by atoms with E-state index >= 15 is 0 Å². The van der Waals surface area contributed by atoms with Crippen molar-refractivity contribution in [3.8, 4) is 5.75 Å². The minimum absolute atomic E-state index is 0.00408. The number of phenolic OH excluding ortho intramolecular Hbond substituents is 1. The van der Waals surface area contributed by atoms with Gasteiger partial charge in [0.25, 0.3) is 5.78 Å². The second kappa shape index (κ2) is 8.36. The standard InChI is InChI=1S/C28H24N2O4S/c1-14-8-9-16(3)20(11-14)25(32)22-24(18-6-5-7-19(31)13-18)30(27(34)26(22)33)28-29-23-17(4)10-15(2)12-21(23)35-28/h5-13,24,31-32H,1-4H3. The number of carbonyl (C=O) groups excluding carboxylic acids is 2. The van der Waals surface area contributed by atoms with Crippen molar-refractivity contribution in [1.29, 1.82) is 0 Å². The lowest BCUT2D eigenvalue weighted by molar-refractivity contribution is -0.132. The summed E-state index contributed by atoms with van der Waals surface area (Å²) in [6, 6.07) is 15.0. The van der Waals surface area contributed by atoms with Crippen LogP contribution in [0.4, 0.5) is 5.13 Å². The van der Waals surface area contributed by atoms with Gasteiger partial charge in [0.15, 0.2) is 5.13 Å². The van der Waals surface area contributed by atoms with E-state index in [1.54, 1.807) is 18.2 Å². The van der Waals surface area contributed by atoms with Crippen LogP contribution in [-0.4, -0.2) is 26.9 Å². The van der Waals surface area contributed by atoms with Gasteiger partial charge in [0.1, 0.15) is 11.5 Å². The van der Waals surface area contributed by atoms with Crippen LogP contribution in [0.25, 0.3) is 16.0 Å². The number of aliphatic hydroxyl groups excluding tert-OH is 1. The average Bonchev–Trinajstić information content (AvgIpc) is 3.34. The van der Waals surface area contributed by atoms with E-state index in [1.165, 1.54) is 28.4 Å². The number of anilines is 1. The molecule has 0 bridgehead atoms. The van der Waals surface area contributed by atoms with Crippen LogP contribution in [0.2, 0.25) is 0 Å². The zero-order chi connectivity index (χ0) is 25.0. The van der Waals surface area contributed by atoms with Gasteiger partial charge in [-0.15, -0.1) is 0 Å². The van der Waals surface area contributed by atoms with E-state index in [-0.39, 0.29) is 17.1 Å². The van der Waals surface area contributed by atoms with E-state index < -0.39 is 17.7 Å². The van der Waals surface area contributed by atoms with Gasteiger partial charge in [-0.1, -0.05) is 47.2 Å². The summed E-state index contributed by atoms with van der Waals surface area (Å²) in [5.41, 5.74) is 5.47. The fourth-order valence-electron chi connectivity index (χ4n) is 4.64. The van der Waals surface area contributed by atoms with E-state index in [2.05, 4.69) is 0 Å². The lowest BCUT2D eigenvalue weighted by Gasteiger charge is -2.23. The number of thiazole rings is 1. The lowest BCUT2D eigenvalue weighted by atomic mass is 9.93. The molecule has 1 aliphatic rings. The van der Waals surface area contributed by atoms with Crippen LogP contribution in [0.3, 0.4) is 0 Å². The first-order valence-corrected chi connectivity index (χ1v) is 12.0. The number of aliphatic hydroxyl groups is 1. The Morgan fingerprint density at radius 2 is 1.71 bits per heavy atom. The summed E-state index contributed by atoms with van der Waals surface area (Å²) in [7, 11) is 0. The molecule has 1 aromatic heterocycles. The Hall–Kier alpha value is -3.97. The maximum Gasteiger partial charge on any atom is 0.301 e. The summed E-state index contributed by atoms with van der Waals surface area (Å²) in [4.78, 5) is 32.9. The molecule has 35 heavy (non-hydrogen) atoms. The molecule has 176 valence electrons. The number of aromatic nitrogens is 1. The van der Waals surface area contributed by atoms with Gasteiger partial charge in [-0.3, -0.25) is 14.5 Å². The largest absolute Gasteiger partial charge is 0.508 e. The molecule has 6 nitrogen and oxygen atoms in total. The second-order valence-corrected chi connectivity index (χ2v) is 10.0. The summed E-state index contributed by atoms with van der Waals surface area (Å²) in [6.45, 7) is 7.69. The molecule has 2 heterocycles. The fourth-order valence-corrected chi connectivity index (χ4v) is 5.81. The van der Waals surface area contributed by atoms with Crippen LogP contribution in [0, 0.1) is 27.7 Å². The van der Waals surface area contributed by atoms with E-state index in [0.29, 0.717) is 16.3 Å². The van der Waals surface area contributed by atoms with Gasteiger partial charge in [0, 0.05) is 5.56 Å². The summed E-state index contributed by atoms with van der Waals surface area (Å²) >= 11 is 1.32. The molecule has 0 saturated carbocycles. The van der Waals surface area contributed by atoms with Gasteiger partial charge in [-0.25, -0.2) is 4.98 Å². The quantitative estimate of drug-likeness (QED) is 0.216. The number of benzene rings is 3. The number of nitrogens with zero attached hydrogens (tertiary/aromatic N) is 2. The van der Waals surface area contributed by atoms with Gasteiger partial charge in [-0.05, 0) is 74.2 Å². The first-order chi connectivity index (χ1) is 16.7. The molecule has 3 aromatic carbocycles. The summed E-state index contributed by atoms with van der Waals surface area (Å²) in [6.07, 6.45) is 0. The van der Waals surface area contributed by atoms with Crippen molar-refractivity contribution in [3.05, 3.63) is 93.6 Å². The number of carbonyl (C=O) groups is 2. The van der Waals surface area contributed by atoms with Crippen molar-refractivity contribution in [2.24, 2.45) is 0 Å². The molecular formula is C28H24N2O4S. The zero-order valence-corrected chi connectivity index (χ0v) is 20.6. The molecule has 2 N–H and O–H groups in total. The highest BCUT2D eigenvalue weighted by molar-refractivity contribution is 7.22. The highest BCUT2D eigenvalue weighted by atomic mass is 32.1. The number of amides is 1. The number of fused-ring (bicyclic) bond motifs is 1. The summed E-state index contributed by atoms with van der Waals surface area (Å²) < 4.78 is 0.906. The van der Waals surface area contributed by atoms with E-state index in [0.717, 1.165) is 32.5 Å². The topological polar surface area (TPSA) is 90.7 Å². The Bertz CT molecular complexity index is 1570. The average molecular weight is 485 g/mol. The van der Waals surface area contributed by atoms with E-state index in [9.17, 15) is 19.8 Å². The predicted molar refractivity (Wildman–Crippen MR) is 138 cm³/mol. The Morgan fingerprint density at radius 3 is 2.46 bits per heavy atom. The highest BCUT2D eigenvalue weighted by Gasteiger charge is 2.48. The van der Waals surface area contributed by atoms with Crippen molar-refractivity contribution in [2.75, 3.05) is 4.90 Å². The van der Waals surface area contributed by atoms with Crippen LogP contribution in [0.15, 0.2) is 60.2 Å². The molecule has 1 unspecified atom stereocenters. The number of phenols is 1. The smallest absolute Gasteiger partial charge is 0.301 e. The monoisotopic (exact) mass is 484 g/mol. The number of aryl methyl sites for hydroxylation is 4. The Labute approximate surface area is 206 Å². The minimum atomic E-state index is -0.941.